The number of carbonyl (C=O) groups is 7. The van der Waals surface area contributed by atoms with E-state index in [1.807, 2.05) is 4.72 Å². The van der Waals surface area contributed by atoms with E-state index in [4.69, 9.17) is 0 Å². The average molecular weight is 958 g/mol. The summed E-state index contributed by atoms with van der Waals surface area (Å²) >= 11 is 0. The molecule has 4 bridgehead atoms. The number of carbonyl (C=O) groups excluding carboxylic acids is 7. The van der Waals surface area contributed by atoms with E-state index in [9.17, 15) is 57.3 Å². The van der Waals surface area contributed by atoms with Crippen molar-refractivity contribution >= 4 is 51.4 Å². The molecule has 5 atom stereocenters. The third-order valence-electron chi connectivity index (χ3n) is 11.8. The van der Waals surface area contributed by atoms with E-state index in [0.717, 1.165) is 41.7 Å². The van der Waals surface area contributed by atoms with Gasteiger partial charge in [-0.15, -0.1) is 0 Å². The zero-order chi connectivity index (χ0) is 49.8. The van der Waals surface area contributed by atoms with Gasteiger partial charge in [-0.25, -0.2) is 8.42 Å². The van der Waals surface area contributed by atoms with Crippen LogP contribution in [0.2, 0.25) is 0 Å². The first-order valence-electron chi connectivity index (χ1n) is 23.2. The van der Waals surface area contributed by atoms with Crippen LogP contribution in [-0.2, 0) is 50.0 Å². The Hall–Kier alpha value is -5.76. The van der Waals surface area contributed by atoms with E-state index >= 15 is 0 Å². The lowest BCUT2D eigenvalue weighted by molar-refractivity contribution is -0.142. The molecule has 8 N–H and O–H groups in total. The third kappa shape index (κ3) is 17.8. The van der Waals surface area contributed by atoms with Crippen molar-refractivity contribution in [2.45, 2.75) is 147 Å². The predicted octanol–water partition coefficient (Wildman–Crippen LogP) is 2.81. The summed E-state index contributed by atoms with van der Waals surface area (Å²) in [6, 6.07) is 1.21. The van der Waals surface area contributed by atoms with Gasteiger partial charge in [0.25, 0.3) is 5.91 Å². The van der Waals surface area contributed by atoms with Crippen LogP contribution < -0.4 is 26.0 Å². The fraction of sp³-hybridized carbons (Fsp3) is 0.596. The quantitative estimate of drug-likeness (QED) is 0.0706. The number of aliphatic hydroxyl groups is 1. The van der Waals surface area contributed by atoms with Gasteiger partial charge in [0.15, 0.2) is 0 Å². The number of aromatic hydroxyl groups is 2. The predicted molar refractivity (Wildman–Crippen MR) is 252 cm³/mol. The number of sulfonamides is 1. The van der Waals surface area contributed by atoms with Crippen LogP contribution in [0.1, 0.15) is 128 Å². The molecule has 3 rings (SSSR count). The van der Waals surface area contributed by atoms with Crippen LogP contribution in [0.15, 0.2) is 36.4 Å². The van der Waals surface area contributed by atoms with Gasteiger partial charge in [-0.3, -0.25) is 38.3 Å². The van der Waals surface area contributed by atoms with Crippen LogP contribution in [0.25, 0.3) is 11.1 Å². The standard InChI is InChI=1S/C47H71N7O12S/c1-7-8-9-10-11-12-13-14-15-16-17-18-19-20-40(58)53(4)37(29-55)46(63)49-30(2)43(60)48-28-41(59)54(5)42-33-22-24-39(57)35(27-33)34-25-32(21-23-38(34)56)26-36(45(62)52-67(6,65)66)51-44(61)31(3)50-47(42)64/h21-25,27,30-31,36-37,42,55-57H,7-20,26,28-29H2,1-6H3,(H,48,60)(H,49,63)(H,50,64)(H,51,61)(H,52,62)/t30-,31+,36+,37-,42+/m1/s1. The summed E-state index contributed by atoms with van der Waals surface area (Å²) in [5.74, 6) is -6.24. The van der Waals surface area contributed by atoms with Gasteiger partial charge in [0.05, 0.1) is 19.4 Å². The van der Waals surface area contributed by atoms with Crippen LogP contribution >= 0.6 is 0 Å². The molecule has 2 aromatic rings. The zero-order valence-electron chi connectivity index (χ0n) is 39.7. The van der Waals surface area contributed by atoms with Crippen molar-refractivity contribution in [1.82, 2.24) is 35.8 Å². The summed E-state index contributed by atoms with van der Waals surface area (Å²) in [7, 11) is -1.39. The first-order valence-corrected chi connectivity index (χ1v) is 25.1. The summed E-state index contributed by atoms with van der Waals surface area (Å²) in [5.41, 5.74) is 0.530. The number of aliphatic hydroxyl groups excluding tert-OH is 1. The normalized spacial score (nSPS) is 17.1. The van der Waals surface area contributed by atoms with Crippen LogP contribution in [0.3, 0.4) is 0 Å². The fourth-order valence-electron chi connectivity index (χ4n) is 7.75. The third-order valence-corrected chi connectivity index (χ3v) is 12.4. The lowest BCUT2D eigenvalue weighted by Gasteiger charge is -2.30. The van der Waals surface area contributed by atoms with Gasteiger partial charge < -0.3 is 46.4 Å². The Labute approximate surface area is 394 Å². The maximum Gasteiger partial charge on any atom is 0.256 e. The van der Waals surface area contributed by atoms with Crippen molar-refractivity contribution in [3.63, 3.8) is 0 Å². The Balaban J connectivity index is 1.65. The molecule has 67 heavy (non-hydrogen) atoms. The monoisotopic (exact) mass is 957 g/mol. The second kappa shape index (κ2) is 27.2. The number of fused-ring (bicyclic) bond motifs is 5. The highest BCUT2D eigenvalue weighted by atomic mass is 32.2. The smallest absolute Gasteiger partial charge is 0.256 e. The van der Waals surface area contributed by atoms with Crippen LogP contribution in [-0.4, -0.2) is 133 Å². The molecule has 1 heterocycles. The van der Waals surface area contributed by atoms with E-state index in [1.165, 1.54) is 116 Å². The van der Waals surface area contributed by atoms with Crippen LogP contribution in [0.4, 0.5) is 0 Å². The molecule has 1 aliphatic rings. The molecule has 0 radical (unpaired) electrons. The molecule has 0 unspecified atom stereocenters. The number of hydrogen-bond acceptors (Lipinski definition) is 12. The summed E-state index contributed by atoms with van der Waals surface area (Å²) in [6.07, 6.45) is 15.7. The van der Waals surface area contributed by atoms with E-state index in [2.05, 4.69) is 28.2 Å². The van der Waals surface area contributed by atoms with Gasteiger partial charge in [-0.1, -0.05) is 96.1 Å². The topological polar surface area (TPSA) is 281 Å². The SMILES string of the molecule is CCCCCCCCCCCCCCCC(=O)N(C)[C@H](CO)C(=O)N[C@H](C)C(=O)NCC(=O)N(C)[C@@H]1C(=O)N[C@@H](C)C(=O)N[C@H](C(=O)NS(C)(=O)=O)Cc2ccc(O)c(c2)-c2cc1ccc2O. The Bertz CT molecular complexity index is 2150. The number of likely N-dealkylation sites (N-methyl/N-ethyl adjacent to an activating group) is 2. The number of unbranched alkanes of at least 4 members (excludes halogenated alkanes) is 12. The molecule has 0 saturated heterocycles. The fourth-order valence-corrected chi connectivity index (χ4v) is 8.26. The molecule has 0 spiro atoms. The molecule has 0 aromatic heterocycles. The van der Waals surface area contributed by atoms with Crippen molar-refractivity contribution in [2.75, 3.05) is 33.5 Å². The number of benzene rings is 2. The van der Waals surface area contributed by atoms with Gasteiger partial charge in [-0.05, 0) is 55.7 Å². The van der Waals surface area contributed by atoms with E-state index in [0.29, 0.717) is 12.0 Å². The van der Waals surface area contributed by atoms with E-state index < -0.39 is 88.8 Å². The van der Waals surface area contributed by atoms with Gasteiger partial charge in [-0.2, -0.15) is 0 Å². The second-order valence-corrected chi connectivity index (χ2v) is 19.2. The van der Waals surface area contributed by atoms with Gasteiger partial charge in [0, 0.05) is 38.1 Å². The summed E-state index contributed by atoms with van der Waals surface area (Å²) in [5, 5.41) is 41.7. The Morgan fingerprint density at radius 2 is 1.33 bits per heavy atom. The minimum Gasteiger partial charge on any atom is -0.507 e. The Morgan fingerprint density at radius 1 is 0.776 bits per heavy atom. The van der Waals surface area contributed by atoms with Crippen molar-refractivity contribution < 1.29 is 57.3 Å². The van der Waals surface area contributed by atoms with Crippen molar-refractivity contribution in [3.8, 4) is 22.6 Å². The molecule has 372 valence electrons. The number of phenolic OH excluding ortho intramolecular Hbond substituents is 2. The van der Waals surface area contributed by atoms with Crippen molar-refractivity contribution in [3.05, 3.63) is 47.5 Å². The zero-order valence-corrected chi connectivity index (χ0v) is 40.5. The van der Waals surface area contributed by atoms with Crippen molar-refractivity contribution in [2.24, 2.45) is 0 Å². The van der Waals surface area contributed by atoms with E-state index in [1.54, 1.807) is 0 Å². The lowest BCUT2D eigenvalue weighted by atomic mass is 9.94. The highest BCUT2D eigenvalue weighted by Crippen LogP contribution is 2.38. The molecule has 1 aliphatic heterocycles. The molecule has 0 aliphatic carbocycles. The lowest BCUT2D eigenvalue weighted by Crippen LogP contribution is -2.56. The summed E-state index contributed by atoms with van der Waals surface area (Å²) < 4.78 is 25.7. The first kappa shape index (κ1) is 55.6. The Kier molecular flexibility index (Phi) is 22.5. The van der Waals surface area contributed by atoms with Crippen LogP contribution in [0, 0.1) is 0 Å². The largest absolute Gasteiger partial charge is 0.507 e. The number of phenols is 2. The first-order chi connectivity index (χ1) is 31.7. The van der Waals surface area contributed by atoms with Crippen LogP contribution in [0.5, 0.6) is 11.5 Å². The van der Waals surface area contributed by atoms with Crippen molar-refractivity contribution in [1.29, 1.82) is 0 Å². The number of rotatable bonds is 24. The molecule has 20 heteroatoms. The molecular formula is C47H71N7O12S. The maximum atomic E-state index is 14.0. The molecule has 0 fully saturated rings. The summed E-state index contributed by atoms with van der Waals surface area (Å²) in [6.45, 7) is 3.49. The molecule has 7 amide bonds. The van der Waals surface area contributed by atoms with Gasteiger partial charge >= 0.3 is 0 Å². The highest BCUT2D eigenvalue weighted by Gasteiger charge is 2.34. The van der Waals surface area contributed by atoms with Gasteiger partial charge in [0.2, 0.25) is 45.5 Å². The number of nitrogens with one attached hydrogen (secondary N) is 5. The summed E-state index contributed by atoms with van der Waals surface area (Å²) in [4.78, 5) is 95.6. The minimum atomic E-state index is -4.05. The van der Waals surface area contributed by atoms with E-state index in [-0.39, 0.29) is 46.9 Å². The average Bonchev–Trinajstić information content (AvgIpc) is 3.27. The highest BCUT2D eigenvalue weighted by molar-refractivity contribution is 7.89. The molecular weight excluding hydrogens is 887 g/mol. The number of amides is 7. The maximum absolute atomic E-state index is 14.0. The number of nitrogens with zero attached hydrogens (tertiary/aromatic N) is 2. The second-order valence-electron chi connectivity index (χ2n) is 17.4. The Morgan fingerprint density at radius 3 is 1.90 bits per heavy atom. The number of hydrogen-bond donors (Lipinski definition) is 8. The molecule has 19 nitrogen and oxygen atoms in total. The molecule has 0 saturated carbocycles. The molecule has 2 aromatic carbocycles. The minimum absolute atomic E-state index is 0.0211. The van der Waals surface area contributed by atoms with Gasteiger partial charge in [0.1, 0.15) is 41.7 Å².